The summed E-state index contributed by atoms with van der Waals surface area (Å²) in [7, 11) is 0. The van der Waals surface area contributed by atoms with Gasteiger partial charge in [0, 0.05) is 18.1 Å². The van der Waals surface area contributed by atoms with E-state index >= 15 is 0 Å². The zero-order chi connectivity index (χ0) is 15.1. The Hall–Kier alpha value is -2.07. The standard InChI is InChI=1S/C17H19FO3/c1-13(19)16-9-8-14(18)12-17(16)21-11-5-10-20-15-6-3-2-4-7-15/h2-4,6-9,12-13,19H,5,10-11H2,1H3/t13-/m1/s1. The van der Waals surface area contributed by atoms with Crippen molar-refractivity contribution in [3.8, 4) is 11.5 Å². The number of benzene rings is 2. The van der Waals surface area contributed by atoms with Crippen LogP contribution in [0, 0.1) is 5.82 Å². The summed E-state index contributed by atoms with van der Waals surface area (Å²) >= 11 is 0. The van der Waals surface area contributed by atoms with Gasteiger partial charge in [-0.15, -0.1) is 0 Å². The van der Waals surface area contributed by atoms with Crippen LogP contribution in [-0.4, -0.2) is 18.3 Å². The molecule has 0 aliphatic rings. The van der Waals surface area contributed by atoms with Crippen LogP contribution < -0.4 is 9.47 Å². The number of ether oxygens (including phenoxy) is 2. The van der Waals surface area contributed by atoms with E-state index in [1.807, 2.05) is 30.3 Å². The number of aliphatic hydroxyl groups is 1. The van der Waals surface area contributed by atoms with E-state index in [1.54, 1.807) is 6.92 Å². The second-order valence-corrected chi connectivity index (χ2v) is 4.72. The Bertz CT molecular complexity index is 555. The molecule has 0 aliphatic heterocycles. The Morgan fingerprint density at radius 3 is 2.48 bits per heavy atom. The minimum atomic E-state index is -0.693. The van der Waals surface area contributed by atoms with Gasteiger partial charge in [0.25, 0.3) is 0 Å². The van der Waals surface area contributed by atoms with E-state index in [0.717, 1.165) is 5.75 Å². The lowest BCUT2D eigenvalue weighted by Gasteiger charge is -2.13. The fraction of sp³-hybridized carbons (Fsp3) is 0.294. The van der Waals surface area contributed by atoms with Gasteiger partial charge >= 0.3 is 0 Å². The molecular formula is C17H19FO3. The number of halogens is 1. The molecule has 0 spiro atoms. The molecule has 1 N–H and O–H groups in total. The molecule has 0 amide bonds. The first kappa shape index (κ1) is 15.3. The molecule has 112 valence electrons. The molecule has 0 aromatic heterocycles. The summed E-state index contributed by atoms with van der Waals surface area (Å²) < 4.78 is 24.3. The third-order valence-corrected chi connectivity index (χ3v) is 2.98. The molecule has 0 unspecified atom stereocenters. The lowest BCUT2D eigenvalue weighted by molar-refractivity contribution is 0.188. The van der Waals surface area contributed by atoms with Gasteiger partial charge in [0.15, 0.2) is 0 Å². The van der Waals surface area contributed by atoms with Crippen molar-refractivity contribution in [2.45, 2.75) is 19.4 Å². The summed E-state index contributed by atoms with van der Waals surface area (Å²) in [5.41, 5.74) is 0.584. The molecule has 0 heterocycles. The van der Waals surface area contributed by atoms with Gasteiger partial charge in [0.2, 0.25) is 0 Å². The highest BCUT2D eigenvalue weighted by Crippen LogP contribution is 2.26. The van der Waals surface area contributed by atoms with E-state index in [2.05, 4.69) is 0 Å². The van der Waals surface area contributed by atoms with Crippen LogP contribution in [0.2, 0.25) is 0 Å². The third kappa shape index (κ3) is 4.76. The average Bonchev–Trinajstić information content (AvgIpc) is 2.48. The van der Waals surface area contributed by atoms with Crippen LogP contribution in [0.15, 0.2) is 48.5 Å². The lowest BCUT2D eigenvalue weighted by atomic mass is 10.1. The Labute approximate surface area is 124 Å². The molecule has 0 bridgehead atoms. The Balaban J connectivity index is 1.79. The molecule has 0 saturated carbocycles. The van der Waals surface area contributed by atoms with E-state index in [1.165, 1.54) is 18.2 Å². The van der Waals surface area contributed by atoms with Crippen molar-refractivity contribution in [2.75, 3.05) is 13.2 Å². The summed E-state index contributed by atoms with van der Waals surface area (Å²) in [6.07, 6.45) is -0.0221. The van der Waals surface area contributed by atoms with Gasteiger partial charge in [0.1, 0.15) is 17.3 Å². The van der Waals surface area contributed by atoms with Crippen LogP contribution in [0.1, 0.15) is 25.0 Å². The maximum atomic E-state index is 13.2. The predicted molar refractivity (Wildman–Crippen MR) is 79.1 cm³/mol. The van der Waals surface area contributed by atoms with Crippen molar-refractivity contribution in [1.29, 1.82) is 0 Å². The van der Waals surface area contributed by atoms with E-state index in [4.69, 9.17) is 9.47 Å². The molecule has 0 fully saturated rings. The normalized spacial score (nSPS) is 12.0. The minimum Gasteiger partial charge on any atom is -0.493 e. The Morgan fingerprint density at radius 1 is 1.05 bits per heavy atom. The molecule has 0 radical (unpaired) electrons. The molecule has 2 aromatic carbocycles. The van der Waals surface area contributed by atoms with Gasteiger partial charge in [-0.05, 0) is 31.2 Å². The van der Waals surface area contributed by atoms with E-state index in [0.29, 0.717) is 30.9 Å². The number of aliphatic hydroxyl groups excluding tert-OH is 1. The second kappa shape index (κ2) is 7.64. The van der Waals surface area contributed by atoms with E-state index < -0.39 is 6.10 Å². The van der Waals surface area contributed by atoms with Crippen molar-refractivity contribution >= 4 is 0 Å². The van der Waals surface area contributed by atoms with Gasteiger partial charge in [0.05, 0.1) is 19.3 Å². The van der Waals surface area contributed by atoms with Crippen molar-refractivity contribution in [3.05, 3.63) is 59.9 Å². The smallest absolute Gasteiger partial charge is 0.127 e. The fourth-order valence-corrected chi connectivity index (χ4v) is 1.93. The lowest BCUT2D eigenvalue weighted by Crippen LogP contribution is -2.07. The summed E-state index contributed by atoms with van der Waals surface area (Å²) in [5.74, 6) is 0.813. The monoisotopic (exact) mass is 290 g/mol. The fourth-order valence-electron chi connectivity index (χ4n) is 1.93. The van der Waals surface area contributed by atoms with Gasteiger partial charge in [-0.25, -0.2) is 4.39 Å². The van der Waals surface area contributed by atoms with Crippen LogP contribution in [0.5, 0.6) is 11.5 Å². The van der Waals surface area contributed by atoms with Crippen LogP contribution >= 0.6 is 0 Å². The average molecular weight is 290 g/mol. The predicted octanol–water partition coefficient (Wildman–Crippen LogP) is 3.73. The molecule has 3 nitrogen and oxygen atoms in total. The quantitative estimate of drug-likeness (QED) is 0.790. The van der Waals surface area contributed by atoms with Crippen LogP contribution in [-0.2, 0) is 0 Å². The highest BCUT2D eigenvalue weighted by atomic mass is 19.1. The van der Waals surface area contributed by atoms with Gasteiger partial charge in [-0.1, -0.05) is 18.2 Å². The topological polar surface area (TPSA) is 38.7 Å². The molecular weight excluding hydrogens is 271 g/mol. The Morgan fingerprint density at radius 2 is 1.76 bits per heavy atom. The first-order valence-electron chi connectivity index (χ1n) is 6.95. The first-order chi connectivity index (χ1) is 10.2. The number of hydrogen-bond acceptors (Lipinski definition) is 3. The molecule has 0 aliphatic carbocycles. The summed E-state index contributed by atoms with van der Waals surface area (Å²) in [4.78, 5) is 0. The highest BCUT2D eigenvalue weighted by molar-refractivity contribution is 5.35. The zero-order valence-electron chi connectivity index (χ0n) is 12.0. The van der Waals surface area contributed by atoms with E-state index in [-0.39, 0.29) is 5.82 Å². The summed E-state index contributed by atoms with van der Waals surface area (Å²) in [6.45, 7) is 2.54. The number of hydrogen-bond donors (Lipinski definition) is 1. The second-order valence-electron chi connectivity index (χ2n) is 4.72. The van der Waals surface area contributed by atoms with Crippen molar-refractivity contribution in [3.63, 3.8) is 0 Å². The van der Waals surface area contributed by atoms with Crippen molar-refractivity contribution in [2.24, 2.45) is 0 Å². The zero-order valence-corrected chi connectivity index (χ0v) is 12.0. The summed E-state index contributed by atoms with van der Waals surface area (Å²) in [6, 6.07) is 13.7. The highest BCUT2D eigenvalue weighted by Gasteiger charge is 2.10. The number of rotatable bonds is 7. The molecule has 4 heteroatoms. The van der Waals surface area contributed by atoms with Crippen LogP contribution in [0.3, 0.4) is 0 Å². The molecule has 0 saturated heterocycles. The van der Waals surface area contributed by atoms with Gasteiger partial charge in [-0.3, -0.25) is 0 Å². The number of para-hydroxylation sites is 1. The van der Waals surface area contributed by atoms with Crippen LogP contribution in [0.4, 0.5) is 4.39 Å². The minimum absolute atomic E-state index is 0.379. The van der Waals surface area contributed by atoms with Crippen molar-refractivity contribution < 1.29 is 19.0 Å². The van der Waals surface area contributed by atoms with Crippen LogP contribution in [0.25, 0.3) is 0 Å². The maximum absolute atomic E-state index is 13.2. The van der Waals surface area contributed by atoms with Gasteiger partial charge < -0.3 is 14.6 Å². The SMILES string of the molecule is C[C@@H](O)c1ccc(F)cc1OCCCOc1ccccc1. The summed E-state index contributed by atoms with van der Waals surface area (Å²) in [5, 5.41) is 9.62. The largest absolute Gasteiger partial charge is 0.493 e. The Kier molecular flexibility index (Phi) is 5.58. The van der Waals surface area contributed by atoms with Gasteiger partial charge in [-0.2, -0.15) is 0 Å². The molecule has 1 atom stereocenters. The molecule has 21 heavy (non-hydrogen) atoms. The van der Waals surface area contributed by atoms with Crippen molar-refractivity contribution in [1.82, 2.24) is 0 Å². The molecule has 2 aromatic rings. The molecule has 2 rings (SSSR count). The first-order valence-corrected chi connectivity index (χ1v) is 6.95. The van der Waals surface area contributed by atoms with E-state index in [9.17, 15) is 9.50 Å². The maximum Gasteiger partial charge on any atom is 0.127 e. The third-order valence-electron chi connectivity index (χ3n) is 2.98.